The fourth-order valence-corrected chi connectivity index (χ4v) is 2.52. The minimum atomic E-state index is -0.776. The van der Waals surface area contributed by atoms with Gasteiger partial charge < -0.3 is 9.64 Å². The largest absolute Gasteiger partial charge is 0.384 e. The van der Waals surface area contributed by atoms with E-state index in [-0.39, 0.29) is 0 Å². The van der Waals surface area contributed by atoms with Crippen molar-refractivity contribution in [3.05, 3.63) is 34.1 Å². The highest BCUT2D eigenvalue weighted by molar-refractivity contribution is 5.64. The smallest absolute Gasteiger partial charge is 0.327 e. The number of rotatable bonds is 4. The highest BCUT2D eigenvalue weighted by atomic mass is 19.1. The molecule has 1 aromatic rings. The Bertz CT molecular complexity index is 459. The van der Waals surface area contributed by atoms with Gasteiger partial charge in [-0.1, -0.05) is 6.07 Å². The van der Waals surface area contributed by atoms with Gasteiger partial charge in [0, 0.05) is 26.8 Å². The minimum Gasteiger partial charge on any atom is -0.384 e. The lowest BCUT2D eigenvalue weighted by Crippen LogP contribution is -2.35. The topological polar surface area (TPSA) is 55.6 Å². The van der Waals surface area contributed by atoms with E-state index in [0.29, 0.717) is 31.3 Å². The second-order valence-electron chi connectivity index (χ2n) is 4.75. The Hall–Kier alpha value is -1.69. The lowest BCUT2D eigenvalue weighted by atomic mass is 9.97. The van der Waals surface area contributed by atoms with Crippen LogP contribution in [0.1, 0.15) is 12.8 Å². The van der Waals surface area contributed by atoms with Crippen LogP contribution in [0.25, 0.3) is 0 Å². The molecular weight excluding hydrogens is 251 g/mol. The first-order valence-corrected chi connectivity index (χ1v) is 6.30. The summed E-state index contributed by atoms with van der Waals surface area (Å²) in [6.45, 7) is 2.09. The molecule has 1 aliphatic rings. The SMILES string of the molecule is COCC1CCN(c2cccc(F)c2[N+](=O)[O-])CC1. The maximum Gasteiger partial charge on any atom is 0.327 e. The lowest BCUT2D eigenvalue weighted by molar-refractivity contribution is -0.386. The van der Waals surface area contributed by atoms with E-state index >= 15 is 0 Å². The van der Waals surface area contributed by atoms with Gasteiger partial charge in [0.1, 0.15) is 5.69 Å². The van der Waals surface area contributed by atoms with E-state index in [1.54, 1.807) is 13.2 Å². The van der Waals surface area contributed by atoms with E-state index in [2.05, 4.69) is 0 Å². The molecule has 1 aliphatic heterocycles. The molecule has 0 N–H and O–H groups in total. The number of hydrogen-bond acceptors (Lipinski definition) is 4. The van der Waals surface area contributed by atoms with Gasteiger partial charge in [-0.3, -0.25) is 10.1 Å². The standard InChI is InChI=1S/C13H17FN2O3/c1-19-9-10-5-7-15(8-6-10)12-4-2-3-11(14)13(12)16(17)18/h2-4,10H,5-9H2,1H3. The van der Waals surface area contributed by atoms with Crippen LogP contribution in [0.5, 0.6) is 0 Å². The summed E-state index contributed by atoms with van der Waals surface area (Å²) in [4.78, 5) is 12.2. The molecule has 1 aromatic carbocycles. The molecule has 0 aromatic heterocycles. The minimum absolute atomic E-state index is 0.376. The van der Waals surface area contributed by atoms with Crippen LogP contribution in [0.3, 0.4) is 0 Å². The third kappa shape index (κ3) is 3.01. The second-order valence-corrected chi connectivity index (χ2v) is 4.75. The zero-order chi connectivity index (χ0) is 13.8. The van der Waals surface area contributed by atoms with Gasteiger partial charge in [0.25, 0.3) is 0 Å². The number of methoxy groups -OCH3 is 1. The van der Waals surface area contributed by atoms with Crippen LogP contribution in [-0.2, 0) is 4.74 Å². The van der Waals surface area contributed by atoms with Crippen LogP contribution in [0.2, 0.25) is 0 Å². The zero-order valence-corrected chi connectivity index (χ0v) is 10.8. The molecule has 2 rings (SSSR count). The number of anilines is 1. The molecule has 1 saturated heterocycles. The summed E-state index contributed by atoms with van der Waals surface area (Å²) in [6, 6.07) is 4.25. The number of nitro benzene ring substituents is 1. The zero-order valence-electron chi connectivity index (χ0n) is 10.8. The van der Waals surface area contributed by atoms with Crippen LogP contribution in [-0.4, -0.2) is 31.7 Å². The summed E-state index contributed by atoms with van der Waals surface area (Å²) in [5.74, 6) is -0.296. The number of para-hydroxylation sites is 1. The van der Waals surface area contributed by atoms with Crippen LogP contribution in [0, 0.1) is 21.8 Å². The van der Waals surface area contributed by atoms with Crippen molar-refractivity contribution < 1.29 is 14.1 Å². The van der Waals surface area contributed by atoms with Gasteiger partial charge in [0.2, 0.25) is 5.82 Å². The molecule has 19 heavy (non-hydrogen) atoms. The molecule has 0 atom stereocenters. The first kappa shape index (κ1) is 13.7. The van der Waals surface area contributed by atoms with Gasteiger partial charge in [-0.15, -0.1) is 0 Å². The van der Waals surface area contributed by atoms with E-state index < -0.39 is 16.4 Å². The Morgan fingerprint density at radius 1 is 1.47 bits per heavy atom. The van der Waals surface area contributed by atoms with E-state index in [0.717, 1.165) is 18.9 Å². The second kappa shape index (κ2) is 5.97. The van der Waals surface area contributed by atoms with E-state index in [9.17, 15) is 14.5 Å². The normalized spacial score (nSPS) is 16.6. The van der Waals surface area contributed by atoms with E-state index in [1.807, 2.05) is 4.90 Å². The molecule has 0 bridgehead atoms. The highest BCUT2D eigenvalue weighted by Gasteiger charge is 2.27. The average molecular weight is 268 g/mol. The number of halogens is 1. The van der Waals surface area contributed by atoms with Gasteiger partial charge in [-0.05, 0) is 30.9 Å². The number of piperidine rings is 1. The van der Waals surface area contributed by atoms with Crippen LogP contribution >= 0.6 is 0 Å². The average Bonchev–Trinajstić information content (AvgIpc) is 2.39. The van der Waals surface area contributed by atoms with E-state index in [4.69, 9.17) is 4.74 Å². The molecule has 0 unspecified atom stereocenters. The monoisotopic (exact) mass is 268 g/mol. The fourth-order valence-electron chi connectivity index (χ4n) is 2.52. The molecule has 0 radical (unpaired) electrons. The number of nitro groups is 1. The third-order valence-electron chi connectivity index (χ3n) is 3.51. The van der Waals surface area contributed by atoms with Crippen molar-refractivity contribution in [2.45, 2.75) is 12.8 Å². The summed E-state index contributed by atoms with van der Waals surface area (Å²) in [5, 5.41) is 11.0. The Balaban J connectivity index is 2.15. The Labute approximate surface area is 111 Å². The van der Waals surface area contributed by atoms with Gasteiger partial charge in [0.15, 0.2) is 0 Å². The fraction of sp³-hybridized carbons (Fsp3) is 0.538. The molecule has 6 heteroatoms. The van der Waals surface area contributed by atoms with Crippen LogP contribution in [0.15, 0.2) is 18.2 Å². The molecular formula is C13H17FN2O3. The van der Waals surface area contributed by atoms with Crippen LogP contribution < -0.4 is 4.90 Å². The van der Waals surface area contributed by atoms with Gasteiger partial charge in [0.05, 0.1) is 4.92 Å². The predicted octanol–water partition coefficient (Wildman–Crippen LogP) is 2.60. The molecule has 0 saturated carbocycles. The van der Waals surface area contributed by atoms with Gasteiger partial charge >= 0.3 is 5.69 Å². The van der Waals surface area contributed by atoms with Crippen molar-refractivity contribution in [2.75, 3.05) is 31.7 Å². The molecule has 1 fully saturated rings. The number of ether oxygens (including phenoxy) is 1. The summed E-state index contributed by atoms with van der Waals surface area (Å²) >= 11 is 0. The summed E-state index contributed by atoms with van der Waals surface area (Å²) in [7, 11) is 1.67. The van der Waals surface area contributed by atoms with Gasteiger partial charge in [-0.2, -0.15) is 4.39 Å². The molecule has 1 heterocycles. The maximum atomic E-state index is 13.6. The summed E-state index contributed by atoms with van der Waals surface area (Å²) in [5.41, 5.74) is -0.0476. The maximum absolute atomic E-state index is 13.6. The number of hydrogen-bond donors (Lipinski definition) is 0. The van der Waals surface area contributed by atoms with Crippen molar-refractivity contribution in [1.29, 1.82) is 0 Å². The Morgan fingerprint density at radius 2 is 2.16 bits per heavy atom. The first-order chi connectivity index (χ1) is 9.13. The van der Waals surface area contributed by atoms with Crippen molar-refractivity contribution in [2.24, 2.45) is 5.92 Å². The van der Waals surface area contributed by atoms with Crippen molar-refractivity contribution in [3.8, 4) is 0 Å². The molecule has 104 valence electrons. The first-order valence-electron chi connectivity index (χ1n) is 6.30. The van der Waals surface area contributed by atoms with E-state index in [1.165, 1.54) is 6.07 Å². The van der Waals surface area contributed by atoms with Crippen molar-refractivity contribution in [1.82, 2.24) is 0 Å². The highest BCUT2D eigenvalue weighted by Crippen LogP contribution is 2.33. The number of nitrogens with zero attached hydrogens (tertiary/aromatic N) is 2. The summed E-state index contributed by atoms with van der Waals surface area (Å²) in [6.07, 6.45) is 1.81. The van der Waals surface area contributed by atoms with Crippen molar-refractivity contribution >= 4 is 11.4 Å². The molecule has 0 amide bonds. The van der Waals surface area contributed by atoms with Gasteiger partial charge in [-0.25, -0.2) is 0 Å². The number of benzene rings is 1. The lowest BCUT2D eigenvalue weighted by Gasteiger charge is -2.32. The quantitative estimate of drug-likeness (QED) is 0.622. The Morgan fingerprint density at radius 3 is 2.74 bits per heavy atom. The molecule has 5 nitrogen and oxygen atoms in total. The summed E-state index contributed by atoms with van der Waals surface area (Å²) < 4.78 is 18.7. The van der Waals surface area contributed by atoms with Crippen molar-refractivity contribution in [3.63, 3.8) is 0 Å². The third-order valence-corrected chi connectivity index (χ3v) is 3.51. The molecule has 0 spiro atoms. The van der Waals surface area contributed by atoms with Crippen LogP contribution in [0.4, 0.5) is 15.8 Å². The Kier molecular flexibility index (Phi) is 4.31. The predicted molar refractivity (Wildman–Crippen MR) is 69.9 cm³/mol. The molecule has 0 aliphatic carbocycles.